The molecule has 0 saturated heterocycles. The van der Waals surface area contributed by atoms with E-state index >= 15 is 0 Å². The molecule has 1 heteroatoms. The molecule has 1 aliphatic carbocycles. The summed E-state index contributed by atoms with van der Waals surface area (Å²) in [6, 6.07) is 6.98. The first-order valence-corrected chi connectivity index (χ1v) is 6.04. The monoisotopic (exact) mass is 203 g/mol. The average Bonchev–Trinajstić information content (AvgIpc) is 2.65. The Morgan fingerprint density at radius 1 is 1.20 bits per heavy atom. The Kier molecular flexibility index (Phi) is 3.11. The van der Waals surface area contributed by atoms with Gasteiger partial charge in [0.15, 0.2) is 0 Å². The third-order valence-electron chi connectivity index (χ3n) is 3.61. The molecule has 1 nitrogen and oxygen atoms in total. The predicted molar refractivity (Wildman–Crippen MR) is 65.1 cm³/mol. The van der Waals surface area contributed by atoms with E-state index in [0.717, 1.165) is 6.54 Å². The van der Waals surface area contributed by atoms with Crippen LogP contribution < -0.4 is 5.73 Å². The highest BCUT2D eigenvalue weighted by molar-refractivity contribution is 5.37. The predicted octanol–water partition coefficient (Wildman–Crippen LogP) is 2.87. The molecule has 1 aromatic rings. The van der Waals surface area contributed by atoms with Gasteiger partial charge in [-0.2, -0.15) is 0 Å². The highest BCUT2D eigenvalue weighted by atomic mass is 14.6. The number of hydrogen-bond acceptors (Lipinski definition) is 1. The van der Waals surface area contributed by atoms with Gasteiger partial charge in [-0.05, 0) is 54.3 Å². The van der Waals surface area contributed by atoms with Crippen molar-refractivity contribution in [3.63, 3.8) is 0 Å². The lowest BCUT2D eigenvalue weighted by Crippen LogP contribution is -2.17. The molecule has 0 fully saturated rings. The van der Waals surface area contributed by atoms with Crippen LogP contribution in [0.2, 0.25) is 0 Å². The van der Waals surface area contributed by atoms with Gasteiger partial charge in [0.1, 0.15) is 0 Å². The van der Waals surface area contributed by atoms with Crippen LogP contribution in [0.5, 0.6) is 0 Å². The smallest absolute Gasteiger partial charge is 0.000577 e. The first-order valence-electron chi connectivity index (χ1n) is 6.04. The largest absolute Gasteiger partial charge is 0.330 e. The van der Waals surface area contributed by atoms with E-state index < -0.39 is 0 Å². The van der Waals surface area contributed by atoms with Crippen molar-refractivity contribution in [1.82, 2.24) is 0 Å². The highest BCUT2D eigenvalue weighted by Gasteiger charge is 2.17. The fourth-order valence-electron chi connectivity index (χ4n) is 2.62. The van der Waals surface area contributed by atoms with Crippen molar-refractivity contribution in [3.8, 4) is 0 Å². The molecule has 0 saturated carbocycles. The fourth-order valence-corrected chi connectivity index (χ4v) is 2.62. The van der Waals surface area contributed by atoms with Crippen LogP contribution >= 0.6 is 0 Å². The molecule has 0 aliphatic heterocycles. The fraction of sp³-hybridized carbons (Fsp3) is 0.571. The summed E-state index contributed by atoms with van der Waals surface area (Å²) in [5.41, 5.74) is 10.4. The van der Waals surface area contributed by atoms with Gasteiger partial charge in [-0.1, -0.05) is 32.0 Å². The summed E-state index contributed by atoms with van der Waals surface area (Å²) >= 11 is 0. The van der Waals surface area contributed by atoms with E-state index in [4.69, 9.17) is 5.73 Å². The van der Waals surface area contributed by atoms with Crippen LogP contribution in [0.3, 0.4) is 0 Å². The van der Waals surface area contributed by atoms with Crippen LogP contribution in [0.1, 0.15) is 42.9 Å². The molecule has 0 heterocycles. The van der Waals surface area contributed by atoms with Crippen molar-refractivity contribution in [1.29, 1.82) is 0 Å². The van der Waals surface area contributed by atoms with Crippen molar-refractivity contribution in [2.45, 2.75) is 39.0 Å². The van der Waals surface area contributed by atoms with Gasteiger partial charge >= 0.3 is 0 Å². The lowest BCUT2D eigenvalue weighted by Gasteiger charge is -2.20. The van der Waals surface area contributed by atoms with Crippen LogP contribution in [0, 0.1) is 5.92 Å². The quantitative estimate of drug-likeness (QED) is 0.803. The lowest BCUT2D eigenvalue weighted by molar-refractivity contribution is 0.506. The van der Waals surface area contributed by atoms with Crippen LogP contribution in [0.15, 0.2) is 18.2 Å². The number of rotatable bonds is 3. The minimum absolute atomic E-state index is 0.524. The maximum Gasteiger partial charge on any atom is -0.000577 e. The highest BCUT2D eigenvalue weighted by Crippen LogP contribution is 2.29. The zero-order valence-corrected chi connectivity index (χ0v) is 9.79. The van der Waals surface area contributed by atoms with Gasteiger partial charge in [0.05, 0.1) is 0 Å². The lowest BCUT2D eigenvalue weighted by atomic mass is 9.87. The number of fused-ring (bicyclic) bond motifs is 1. The van der Waals surface area contributed by atoms with E-state index in [-0.39, 0.29) is 0 Å². The number of hydrogen-bond donors (Lipinski definition) is 1. The van der Waals surface area contributed by atoms with Crippen LogP contribution in [0.4, 0.5) is 0 Å². The van der Waals surface area contributed by atoms with Gasteiger partial charge in [0.25, 0.3) is 0 Å². The number of nitrogens with two attached hydrogens (primary N) is 1. The standard InChI is InChI=1S/C14H21N/c1-10(2)14(9-15)13-7-6-11-4-3-5-12(11)8-13/h6-8,10,14H,3-5,9,15H2,1-2H3/t14-/m0/s1. The van der Waals surface area contributed by atoms with Crippen molar-refractivity contribution in [3.05, 3.63) is 34.9 Å². The summed E-state index contributed by atoms with van der Waals surface area (Å²) in [5.74, 6) is 1.16. The summed E-state index contributed by atoms with van der Waals surface area (Å²) < 4.78 is 0. The van der Waals surface area contributed by atoms with Crippen molar-refractivity contribution >= 4 is 0 Å². The summed E-state index contributed by atoms with van der Waals surface area (Å²) in [6.07, 6.45) is 3.86. The zero-order chi connectivity index (χ0) is 10.8. The first-order chi connectivity index (χ1) is 7.22. The molecular formula is C14H21N. The second-order valence-electron chi connectivity index (χ2n) is 4.97. The van der Waals surface area contributed by atoms with E-state index in [1.54, 1.807) is 11.1 Å². The first kappa shape index (κ1) is 10.7. The summed E-state index contributed by atoms with van der Waals surface area (Å²) in [4.78, 5) is 0. The normalized spacial score (nSPS) is 16.8. The van der Waals surface area contributed by atoms with Crippen molar-refractivity contribution in [2.24, 2.45) is 11.7 Å². The maximum absolute atomic E-state index is 5.85. The Hall–Kier alpha value is -0.820. The summed E-state index contributed by atoms with van der Waals surface area (Å²) in [6.45, 7) is 5.27. The van der Waals surface area contributed by atoms with Gasteiger partial charge in [-0.15, -0.1) is 0 Å². The topological polar surface area (TPSA) is 26.0 Å². The molecule has 0 spiro atoms. The van der Waals surface area contributed by atoms with Gasteiger partial charge in [0.2, 0.25) is 0 Å². The summed E-state index contributed by atoms with van der Waals surface area (Å²) in [7, 11) is 0. The molecule has 0 amide bonds. The molecule has 0 unspecified atom stereocenters. The molecule has 0 radical (unpaired) electrons. The number of benzene rings is 1. The molecule has 2 N–H and O–H groups in total. The SMILES string of the molecule is CC(C)[C@H](CN)c1ccc2c(c1)CCC2. The molecule has 82 valence electrons. The molecule has 15 heavy (non-hydrogen) atoms. The van der Waals surface area contributed by atoms with E-state index in [2.05, 4.69) is 32.0 Å². The molecule has 1 aliphatic rings. The minimum atomic E-state index is 0.524. The van der Waals surface area contributed by atoms with Gasteiger partial charge in [-0.25, -0.2) is 0 Å². The Morgan fingerprint density at radius 2 is 1.93 bits per heavy atom. The molecular weight excluding hydrogens is 182 g/mol. The van der Waals surface area contributed by atoms with E-state index in [0.29, 0.717) is 11.8 Å². The van der Waals surface area contributed by atoms with Gasteiger partial charge < -0.3 is 5.73 Å². The van der Waals surface area contributed by atoms with Gasteiger partial charge in [-0.3, -0.25) is 0 Å². The van der Waals surface area contributed by atoms with Crippen LogP contribution in [-0.2, 0) is 12.8 Å². The molecule has 1 aromatic carbocycles. The molecule has 0 aromatic heterocycles. The van der Waals surface area contributed by atoms with E-state index in [1.165, 1.54) is 24.8 Å². The van der Waals surface area contributed by atoms with Gasteiger partial charge in [0, 0.05) is 0 Å². The number of aryl methyl sites for hydroxylation is 2. The summed E-state index contributed by atoms with van der Waals surface area (Å²) in [5, 5.41) is 0. The maximum atomic E-state index is 5.85. The Bertz CT molecular complexity index is 341. The molecule has 1 atom stereocenters. The Morgan fingerprint density at radius 3 is 2.60 bits per heavy atom. The van der Waals surface area contributed by atoms with Crippen LogP contribution in [0.25, 0.3) is 0 Å². The third-order valence-corrected chi connectivity index (χ3v) is 3.61. The zero-order valence-electron chi connectivity index (χ0n) is 9.79. The Balaban J connectivity index is 2.28. The second-order valence-corrected chi connectivity index (χ2v) is 4.97. The van der Waals surface area contributed by atoms with E-state index in [1.807, 2.05) is 0 Å². The average molecular weight is 203 g/mol. The van der Waals surface area contributed by atoms with E-state index in [9.17, 15) is 0 Å². The Labute approximate surface area is 92.7 Å². The third kappa shape index (κ3) is 2.07. The molecule has 2 rings (SSSR count). The second kappa shape index (κ2) is 4.36. The van der Waals surface area contributed by atoms with Crippen molar-refractivity contribution in [2.75, 3.05) is 6.54 Å². The molecule has 0 bridgehead atoms. The van der Waals surface area contributed by atoms with Crippen LogP contribution in [-0.4, -0.2) is 6.54 Å². The minimum Gasteiger partial charge on any atom is -0.330 e. The van der Waals surface area contributed by atoms with Crippen molar-refractivity contribution < 1.29 is 0 Å².